The van der Waals surface area contributed by atoms with Gasteiger partial charge in [0.25, 0.3) is 0 Å². The van der Waals surface area contributed by atoms with Crippen LogP contribution in [0.15, 0.2) is 12.3 Å². The molecule has 5 heteroatoms. The van der Waals surface area contributed by atoms with Crippen molar-refractivity contribution in [2.75, 3.05) is 11.9 Å². The van der Waals surface area contributed by atoms with Crippen LogP contribution in [0.25, 0.3) is 0 Å². The number of rotatable bonds is 5. The summed E-state index contributed by atoms with van der Waals surface area (Å²) in [6.07, 6.45) is 1.55. The summed E-state index contributed by atoms with van der Waals surface area (Å²) >= 11 is 0. The number of aliphatic hydroxyl groups is 1. The van der Waals surface area contributed by atoms with Gasteiger partial charge in [-0.25, -0.2) is 9.78 Å². The number of aromatic nitrogens is 1. The lowest BCUT2D eigenvalue weighted by Crippen LogP contribution is -2.30. The summed E-state index contributed by atoms with van der Waals surface area (Å²) in [6.45, 7) is 5.56. The summed E-state index contributed by atoms with van der Waals surface area (Å²) in [4.78, 5) is 15.2. The molecule has 3 N–H and O–H groups in total. The van der Waals surface area contributed by atoms with Gasteiger partial charge < -0.3 is 15.5 Å². The third kappa shape index (κ3) is 3.17. The van der Waals surface area contributed by atoms with Crippen molar-refractivity contribution in [3.63, 3.8) is 0 Å². The van der Waals surface area contributed by atoms with Crippen LogP contribution >= 0.6 is 0 Å². The van der Waals surface area contributed by atoms with Crippen LogP contribution in [0.1, 0.15) is 29.8 Å². The fourth-order valence-electron chi connectivity index (χ4n) is 1.54. The summed E-state index contributed by atoms with van der Waals surface area (Å²) in [6, 6.07) is 1.44. The molecule has 1 heterocycles. The van der Waals surface area contributed by atoms with Gasteiger partial charge in [0.05, 0.1) is 12.6 Å². The van der Waals surface area contributed by atoms with E-state index in [0.717, 1.165) is 0 Å². The number of carboxylic acid groups (broad SMARTS) is 1. The second-order valence-corrected chi connectivity index (χ2v) is 4.33. The highest BCUT2D eigenvalue weighted by Gasteiger charge is 2.18. The van der Waals surface area contributed by atoms with E-state index in [1.54, 1.807) is 19.2 Å². The lowest BCUT2D eigenvalue weighted by molar-refractivity contribution is 0.0696. The number of aliphatic hydroxyl groups excluding tert-OH is 1. The third-order valence-corrected chi connectivity index (χ3v) is 2.70. The largest absolute Gasteiger partial charge is 0.478 e. The van der Waals surface area contributed by atoms with Crippen LogP contribution in [0.3, 0.4) is 0 Å². The zero-order valence-electron chi connectivity index (χ0n) is 10.3. The van der Waals surface area contributed by atoms with Gasteiger partial charge in [0.1, 0.15) is 11.4 Å². The van der Waals surface area contributed by atoms with Crippen molar-refractivity contribution in [1.29, 1.82) is 0 Å². The number of hydrogen-bond acceptors (Lipinski definition) is 4. The Morgan fingerprint density at radius 2 is 2.18 bits per heavy atom. The molecule has 94 valence electrons. The monoisotopic (exact) mass is 238 g/mol. The first-order chi connectivity index (χ1) is 7.97. The molecule has 0 saturated heterocycles. The number of aromatic carboxylic acids is 1. The number of pyridine rings is 1. The molecule has 0 radical (unpaired) electrons. The molecule has 0 spiro atoms. The van der Waals surface area contributed by atoms with Crippen LogP contribution < -0.4 is 5.32 Å². The molecule has 1 aromatic rings. The number of carbonyl (C=O) groups is 1. The smallest absolute Gasteiger partial charge is 0.339 e. The van der Waals surface area contributed by atoms with Gasteiger partial charge in [-0.2, -0.15) is 0 Å². The van der Waals surface area contributed by atoms with Gasteiger partial charge in [-0.15, -0.1) is 0 Å². The van der Waals surface area contributed by atoms with E-state index in [1.165, 1.54) is 0 Å². The molecule has 5 nitrogen and oxygen atoms in total. The maximum atomic E-state index is 11.1. The highest BCUT2D eigenvalue weighted by atomic mass is 16.4. The third-order valence-electron chi connectivity index (χ3n) is 2.70. The second-order valence-electron chi connectivity index (χ2n) is 4.33. The van der Waals surface area contributed by atoms with Gasteiger partial charge in [-0.05, 0) is 24.5 Å². The van der Waals surface area contributed by atoms with E-state index in [9.17, 15) is 9.90 Å². The van der Waals surface area contributed by atoms with E-state index in [-0.39, 0.29) is 24.1 Å². The molecule has 0 fully saturated rings. The highest BCUT2D eigenvalue weighted by molar-refractivity contribution is 5.94. The average molecular weight is 238 g/mol. The molecule has 0 amide bonds. The molecule has 0 aliphatic heterocycles. The fraction of sp³-hybridized carbons (Fsp3) is 0.500. The quantitative estimate of drug-likeness (QED) is 0.724. The van der Waals surface area contributed by atoms with Crippen LogP contribution in [-0.2, 0) is 0 Å². The number of hydrogen-bond donors (Lipinski definition) is 3. The van der Waals surface area contributed by atoms with Gasteiger partial charge in [-0.1, -0.05) is 13.8 Å². The average Bonchev–Trinajstić information content (AvgIpc) is 2.24. The molecule has 17 heavy (non-hydrogen) atoms. The topological polar surface area (TPSA) is 82.5 Å². The van der Waals surface area contributed by atoms with E-state index < -0.39 is 5.97 Å². The SMILES string of the molecule is Cc1ccnc(N[C@H](CO)C(C)C)c1C(=O)O. The molecular formula is C12H18N2O3. The number of carboxylic acids is 1. The van der Waals surface area contributed by atoms with E-state index >= 15 is 0 Å². The summed E-state index contributed by atoms with van der Waals surface area (Å²) in [5.74, 6) is -0.521. The van der Waals surface area contributed by atoms with E-state index in [4.69, 9.17) is 5.11 Å². The normalized spacial score (nSPS) is 12.5. The van der Waals surface area contributed by atoms with Crippen LogP contribution in [0.5, 0.6) is 0 Å². The lowest BCUT2D eigenvalue weighted by Gasteiger charge is -2.21. The number of anilines is 1. The first kappa shape index (κ1) is 13.4. The van der Waals surface area contributed by atoms with Gasteiger partial charge in [0.2, 0.25) is 0 Å². The van der Waals surface area contributed by atoms with Crippen molar-refractivity contribution in [2.45, 2.75) is 26.8 Å². The Balaban J connectivity index is 3.05. The second kappa shape index (κ2) is 5.63. The Bertz CT molecular complexity index is 405. The molecule has 1 aromatic heterocycles. The maximum Gasteiger partial charge on any atom is 0.339 e. The molecule has 0 aliphatic carbocycles. The minimum absolute atomic E-state index is 0.0631. The molecule has 0 aromatic carbocycles. The summed E-state index contributed by atoms with van der Waals surface area (Å²) < 4.78 is 0. The minimum Gasteiger partial charge on any atom is -0.478 e. The first-order valence-corrected chi connectivity index (χ1v) is 5.53. The van der Waals surface area contributed by atoms with Crippen molar-refractivity contribution < 1.29 is 15.0 Å². The molecule has 0 bridgehead atoms. The molecule has 0 aliphatic rings. The van der Waals surface area contributed by atoms with Crippen LogP contribution in [0.4, 0.5) is 5.82 Å². The van der Waals surface area contributed by atoms with Crippen LogP contribution in [0.2, 0.25) is 0 Å². The number of nitrogens with zero attached hydrogens (tertiary/aromatic N) is 1. The van der Waals surface area contributed by atoms with Crippen molar-refractivity contribution in [3.05, 3.63) is 23.4 Å². The highest BCUT2D eigenvalue weighted by Crippen LogP contribution is 2.19. The van der Waals surface area contributed by atoms with Crippen molar-refractivity contribution in [1.82, 2.24) is 4.98 Å². The van der Waals surface area contributed by atoms with Crippen molar-refractivity contribution in [3.8, 4) is 0 Å². The van der Waals surface area contributed by atoms with Crippen molar-refractivity contribution in [2.24, 2.45) is 5.92 Å². The molecule has 0 unspecified atom stereocenters. The van der Waals surface area contributed by atoms with E-state index in [1.807, 2.05) is 13.8 Å². The number of aryl methyl sites for hydroxylation is 1. The Morgan fingerprint density at radius 1 is 1.53 bits per heavy atom. The van der Waals surface area contributed by atoms with Crippen molar-refractivity contribution >= 4 is 11.8 Å². The Labute approximate surface area is 101 Å². The molecular weight excluding hydrogens is 220 g/mol. The zero-order chi connectivity index (χ0) is 13.0. The Kier molecular flexibility index (Phi) is 4.45. The van der Waals surface area contributed by atoms with Gasteiger partial charge in [0, 0.05) is 6.20 Å². The van der Waals surface area contributed by atoms with Gasteiger partial charge >= 0.3 is 5.97 Å². The predicted octanol–water partition coefficient (Wildman–Crippen LogP) is 1.52. The summed E-state index contributed by atoms with van der Waals surface area (Å²) in [5.41, 5.74) is 0.807. The fourth-order valence-corrected chi connectivity index (χ4v) is 1.54. The number of nitrogens with one attached hydrogen (secondary N) is 1. The van der Waals surface area contributed by atoms with E-state index in [2.05, 4.69) is 10.3 Å². The van der Waals surface area contributed by atoms with E-state index in [0.29, 0.717) is 11.4 Å². The molecule has 0 saturated carbocycles. The Hall–Kier alpha value is -1.62. The summed E-state index contributed by atoms with van der Waals surface area (Å²) in [5, 5.41) is 21.3. The summed E-state index contributed by atoms with van der Waals surface area (Å²) in [7, 11) is 0. The van der Waals surface area contributed by atoms with Gasteiger partial charge in [0.15, 0.2) is 0 Å². The minimum atomic E-state index is -1.02. The maximum absolute atomic E-state index is 11.1. The standard InChI is InChI=1S/C12H18N2O3/c1-7(2)9(6-15)14-11-10(12(16)17)8(3)4-5-13-11/h4-5,7,9,15H,6H2,1-3H3,(H,13,14)(H,16,17)/t9-/m1/s1. The van der Waals surface area contributed by atoms with Gasteiger partial charge in [-0.3, -0.25) is 0 Å². The Morgan fingerprint density at radius 3 is 2.65 bits per heavy atom. The predicted molar refractivity (Wildman–Crippen MR) is 65.3 cm³/mol. The first-order valence-electron chi connectivity index (χ1n) is 5.53. The van der Waals surface area contributed by atoms with Crippen LogP contribution in [-0.4, -0.2) is 33.8 Å². The molecule has 1 atom stereocenters. The lowest BCUT2D eigenvalue weighted by atomic mass is 10.0. The molecule has 1 rings (SSSR count). The van der Waals surface area contributed by atoms with Crippen LogP contribution in [0, 0.1) is 12.8 Å². The zero-order valence-corrected chi connectivity index (χ0v) is 10.3.